The number of hydrogen-bond acceptors (Lipinski definition) is 3. The van der Waals surface area contributed by atoms with Crippen molar-refractivity contribution in [2.75, 3.05) is 13.2 Å². The van der Waals surface area contributed by atoms with Crippen molar-refractivity contribution >= 4 is 5.97 Å². The first-order valence-corrected chi connectivity index (χ1v) is 7.28. The molecule has 2 saturated heterocycles. The monoisotopic (exact) mass is 259 g/mol. The van der Waals surface area contributed by atoms with Crippen LogP contribution in [0.3, 0.4) is 0 Å². The molecule has 3 nitrogen and oxygen atoms in total. The van der Waals surface area contributed by atoms with Gasteiger partial charge in [0.15, 0.2) is 0 Å². The number of hydrogen-bond donors (Lipinski definition) is 0. The maximum absolute atomic E-state index is 12.1. The molecule has 3 rings (SSSR count). The van der Waals surface area contributed by atoms with Crippen LogP contribution in [0.4, 0.5) is 0 Å². The number of carbonyl (C=O) groups excluding carboxylic acids is 1. The summed E-state index contributed by atoms with van der Waals surface area (Å²) in [7, 11) is 0. The van der Waals surface area contributed by atoms with Gasteiger partial charge in [0.25, 0.3) is 0 Å². The molecule has 0 aromatic heterocycles. The maximum Gasteiger partial charge on any atom is 0.310 e. The van der Waals surface area contributed by atoms with Crippen LogP contribution in [0.1, 0.15) is 37.8 Å². The lowest BCUT2D eigenvalue weighted by Crippen LogP contribution is -2.31. The Morgan fingerprint density at radius 2 is 2.16 bits per heavy atom. The summed E-state index contributed by atoms with van der Waals surface area (Å²) in [6.07, 6.45) is 3.24. The molecule has 0 saturated carbocycles. The standard InChI is InChI=1S/C16H21NO2/c1-2-19-16(18)13-11-15(12-7-4-3-5-8-12)17-10-6-9-14(13)17/h3-5,7-8,13-15H,2,6,9-11H2,1H3. The van der Waals surface area contributed by atoms with Gasteiger partial charge in [0.1, 0.15) is 0 Å². The molecule has 0 bridgehead atoms. The molecule has 1 aromatic carbocycles. The SMILES string of the molecule is CCOC(=O)C1CC(c2ccccc2)N2CCCC12. The highest BCUT2D eigenvalue weighted by Gasteiger charge is 2.47. The first kappa shape index (κ1) is 12.7. The van der Waals surface area contributed by atoms with Crippen molar-refractivity contribution in [2.24, 2.45) is 5.92 Å². The summed E-state index contributed by atoms with van der Waals surface area (Å²) in [5, 5.41) is 0. The van der Waals surface area contributed by atoms with Gasteiger partial charge in [-0.15, -0.1) is 0 Å². The number of carbonyl (C=O) groups is 1. The van der Waals surface area contributed by atoms with Gasteiger partial charge in [-0.05, 0) is 38.3 Å². The van der Waals surface area contributed by atoms with Gasteiger partial charge in [-0.3, -0.25) is 9.69 Å². The van der Waals surface area contributed by atoms with E-state index in [2.05, 4.69) is 29.2 Å². The zero-order valence-electron chi connectivity index (χ0n) is 11.4. The van der Waals surface area contributed by atoms with Crippen LogP contribution in [-0.2, 0) is 9.53 Å². The van der Waals surface area contributed by atoms with Crippen molar-refractivity contribution in [1.82, 2.24) is 4.90 Å². The third-order valence-electron chi connectivity index (χ3n) is 4.46. The summed E-state index contributed by atoms with van der Waals surface area (Å²) in [5.74, 6) is 0.0606. The molecule has 0 amide bonds. The van der Waals surface area contributed by atoms with Gasteiger partial charge in [0.05, 0.1) is 12.5 Å². The molecule has 1 aromatic rings. The second-order valence-corrected chi connectivity index (χ2v) is 5.47. The third-order valence-corrected chi connectivity index (χ3v) is 4.46. The molecule has 0 spiro atoms. The average Bonchev–Trinajstić information content (AvgIpc) is 3.01. The Kier molecular flexibility index (Phi) is 3.56. The predicted molar refractivity (Wildman–Crippen MR) is 73.7 cm³/mol. The molecule has 0 aliphatic carbocycles. The number of rotatable bonds is 3. The van der Waals surface area contributed by atoms with Crippen molar-refractivity contribution in [3.05, 3.63) is 35.9 Å². The van der Waals surface area contributed by atoms with Gasteiger partial charge in [-0.25, -0.2) is 0 Å². The Hall–Kier alpha value is -1.35. The van der Waals surface area contributed by atoms with Crippen molar-refractivity contribution in [3.63, 3.8) is 0 Å². The Labute approximate surface area is 114 Å². The van der Waals surface area contributed by atoms with E-state index in [4.69, 9.17) is 4.74 Å². The topological polar surface area (TPSA) is 29.5 Å². The van der Waals surface area contributed by atoms with Crippen LogP contribution < -0.4 is 0 Å². The first-order valence-electron chi connectivity index (χ1n) is 7.28. The van der Waals surface area contributed by atoms with Crippen LogP contribution in [-0.4, -0.2) is 30.1 Å². The van der Waals surface area contributed by atoms with E-state index in [0.717, 1.165) is 19.4 Å². The molecular formula is C16H21NO2. The fraction of sp³-hybridized carbons (Fsp3) is 0.562. The van der Waals surface area contributed by atoms with Crippen LogP contribution in [0.25, 0.3) is 0 Å². The lowest BCUT2D eigenvalue weighted by Gasteiger charge is -2.24. The predicted octanol–water partition coefficient (Wildman–Crippen LogP) is 2.78. The molecule has 3 atom stereocenters. The van der Waals surface area contributed by atoms with Gasteiger partial charge in [-0.1, -0.05) is 30.3 Å². The third kappa shape index (κ3) is 2.27. The molecular weight excluding hydrogens is 238 g/mol. The molecule has 0 radical (unpaired) electrons. The minimum atomic E-state index is -0.00201. The summed E-state index contributed by atoms with van der Waals surface area (Å²) in [6, 6.07) is 11.3. The van der Waals surface area contributed by atoms with Crippen molar-refractivity contribution in [2.45, 2.75) is 38.3 Å². The van der Waals surface area contributed by atoms with E-state index in [1.165, 1.54) is 12.0 Å². The van der Waals surface area contributed by atoms with Crippen LogP contribution in [0.15, 0.2) is 30.3 Å². The van der Waals surface area contributed by atoms with E-state index >= 15 is 0 Å². The summed E-state index contributed by atoms with van der Waals surface area (Å²) >= 11 is 0. The number of benzene rings is 1. The zero-order chi connectivity index (χ0) is 13.2. The highest BCUT2D eigenvalue weighted by molar-refractivity contribution is 5.74. The Bertz CT molecular complexity index is 445. The zero-order valence-corrected chi connectivity index (χ0v) is 11.4. The fourth-order valence-corrected chi connectivity index (χ4v) is 3.67. The van der Waals surface area contributed by atoms with E-state index in [9.17, 15) is 4.79 Å². The van der Waals surface area contributed by atoms with Crippen molar-refractivity contribution in [1.29, 1.82) is 0 Å². The van der Waals surface area contributed by atoms with Gasteiger partial charge < -0.3 is 4.74 Å². The van der Waals surface area contributed by atoms with Crippen LogP contribution in [0.2, 0.25) is 0 Å². The Balaban J connectivity index is 1.82. The summed E-state index contributed by atoms with van der Waals surface area (Å²) in [4.78, 5) is 14.6. The minimum Gasteiger partial charge on any atom is -0.466 e. The molecule has 3 heteroatoms. The smallest absolute Gasteiger partial charge is 0.310 e. The van der Waals surface area contributed by atoms with E-state index < -0.39 is 0 Å². The fourth-order valence-electron chi connectivity index (χ4n) is 3.67. The number of ether oxygens (including phenoxy) is 1. The van der Waals surface area contributed by atoms with Crippen LogP contribution in [0.5, 0.6) is 0 Å². The first-order chi connectivity index (χ1) is 9.31. The van der Waals surface area contributed by atoms with Gasteiger partial charge in [0.2, 0.25) is 0 Å². The second kappa shape index (κ2) is 5.33. The quantitative estimate of drug-likeness (QED) is 0.782. The van der Waals surface area contributed by atoms with E-state index in [-0.39, 0.29) is 11.9 Å². The molecule has 102 valence electrons. The molecule has 2 fully saturated rings. The summed E-state index contributed by atoms with van der Waals surface area (Å²) < 4.78 is 5.25. The lowest BCUT2D eigenvalue weighted by atomic mass is 9.94. The summed E-state index contributed by atoms with van der Waals surface area (Å²) in [6.45, 7) is 3.48. The molecule has 19 heavy (non-hydrogen) atoms. The van der Waals surface area contributed by atoms with Gasteiger partial charge in [-0.2, -0.15) is 0 Å². The lowest BCUT2D eigenvalue weighted by molar-refractivity contribution is -0.148. The molecule has 2 aliphatic heterocycles. The molecule has 3 unspecified atom stereocenters. The van der Waals surface area contributed by atoms with Crippen molar-refractivity contribution < 1.29 is 9.53 Å². The van der Waals surface area contributed by atoms with E-state index in [1.807, 2.05) is 13.0 Å². The minimum absolute atomic E-state index is 0.00201. The Morgan fingerprint density at radius 1 is 1.37 bits per heavy atom. The summed E-state index contributed by atoms with van der Waals surface area (Å²) in [5.41, 5.74) is 1.33. The van der Waals surface area contributed by atoms with Crippen LogP contribution in [0, 0.1) is 5.92 Å². The highest BCUT2D eigenvalue weighted by atomic mass is 16.5. The molecule has 2 heterocycles. The molecule has 0 N–H and O–H groups in total. The molecule has 2 aliphatic rings. The largest absolute Gasteiger partial charge is 0.466 e. The van der Waals surface area contributed by atoms with Gasteiger partial charge in [0, 0.05) is 12.1 Å². The average molecular weight is 259 g/mol. The number of nitrogens with zero attached hydrogens (tertiary/aromatic N) is 1. The number of esters is 1. The second-order valence-electron chi connectivity index (χ2n) is 5.47. The van der Waals surface area contributed by atoms with Crippen LogP contribution >= 0.6 is 0 Å². The number of fused-ring (bicyclic) bond motifs is 1. The van der Waals surface area contributed by atoms with E-state index in [1.54, 1.807) is 0 Å². The van der Waals surface area contributed by atoms with Crippen molar-refractivity contribution in [3.8, 4) is 0 Å². The normalized spacial score (nSPS) is 30.3. The van der Waals surface area contributed by atoms with Gasteiger partial charge >= 0.3 is 5.97 Å². The highest BCUT2D eigenvalue weighted by Crippen LogP contribution is 2.45. The maximum atomic E-state index is 12.1. The van der Waals surface area contributed by atoms with E-state index in [0.29, 0.717) is 18.7 Å². The Morgan fingerprint density at radius 3 is 2.89 bits per heavy atom.